The lowest BCUT2D eigenvalue weighted by Crippen LogP contribution is -2.35. The summed E-state index contributed by atoms with van der Waals surface area (Å²) >= 11 is 2.00. The van der Waals surface area contributed by atoms with E-state index >= 15 is 0 Å². The van der Waals surface area contributed by atoms with Crippen LogP contribution in [-0.2, 0) is 20.0 Å². The zero-order chi connectivity index (χ0) is 20.4. The van der Waals surface area contributed by atoms with Gasteiger partial charge in [0, 0.05) is 18.8 Å². The van der Waals surface area contributed by atoms with E-state index in [1.54, 1.807) is 6.07 Å². The number of hydrogen-bond donors (Lipinski definition) is 1. The highest BCUT2D eigenvalue weighted by Gasteiger charge is 2.26. The minimum atomic E-state index is -3.80. The predicted molar refractivity (Wildman–Crippen MR) is 116 cm³/mol. The van der Waals surface area contributed by atoms with Gasteiger partial charge >= 0.3 is 0 Å². The molecule has 3 rings (SSSR count). The molecule has 0 atom stereocenters. The van der Waals surface area contributed by atoms with Crippen LogP contribution in [0.2, 0.25) is 0 Å². The lowest BCUT2D eigenvalue weighted by molar-refractivity contribution is 0.346. The topological polar surface area (TPSA) is 92.8 Å². The molecule has 0 spiro atoms. The van der Waals surface area contributed by atoms with E-state index in [0.29, 0.717) is 28.1 Å². The van der Waals surface area contributed by atoms with Gasteiger partial charge in [-0.2, -0.15) is 4.31 Å². The molecule has 0 aliphatic carbocycles. The minimum Gasteiger partial charge on any atom is -0.496 e. The predicted octanol–water partition coefficient (Wildman–Crippen LogP) is 3.28. The van der Waals surface area contributed by atoms with Gasteiger partial charge in [-0.05, 0) is 77.9 Å². The second-order valence-electron chi connectivity index (χ2n) is 6.39. The first kappa shape index (κ1) is 21.3. The van der Waals surface area contributed by atoms with Crippen molar-refractivity contribution in [1.82, 2.24) is 4.31 Å². The van der Waals surface area contributed by atoms with Crippen molar-refractivity contribution in [2.45, 2.75) is 29.1 Å². The Bertz CT molecular complexity index is 1050. The van der Waals surface area contributed by atoms with Crippen molar-refractivity contribution >= 4 is 48.3 Å². The van der Waals surface area contributed by atoms with Crippen LogP contribution in [0.3, 0.4) is 0 Å². The molecule has 1 N–H and O–H groups in total. The van der Waals surface area contributed by atoms with Crippen molar-refractivity contribution in [2.24, 2.45) is 0 Å². The Morgan fingerprint density at radius 2 is 1.54 bits per heavy atom. The molecular weight excluding hydrogens is 515 g/mol. The van der Waals surface area contributed by atoms with E-state index < -0.39 is 20.0 Å². The van der Waals surface area contributed by atoms with Gasteiger partial charge in [-0.25, -0.2) is 16.8 Å². The lowest BCUT2D eigenvalue weighted by Gasteiger charge is -2.25. The third kappa shape index (κ3) is 4.61. The zero-order valence-electron chi connectivity index (χ0n) is 15.3. The molecule has 0 amide bonds. The molecule has 0 saturated carbocycles. The first-order chi connectivity index (χ1) is 13.2. The van der Waals surface area contributed by atoms with E-state index in [1.165, 1.54) is 47.8 Å². The van der Waals surface area contributed by atoms with Gasteiger partial charge in [0.2, 0.25) is 10.0 Å². The van der Waals surface area contributed by atoms with Crippen LogP contribution in [0.1, 0.15) is 19.3 Å². The normalized spacial score (nSPS) is 15.9. The molecule has 7 nitrogen and oxygen atoms in total. The van der Waals surface area contributed by atoms with E-state index in [-0.39, 0.29) is 9.79 Å². The largest absolute Gasteiger partial charge is 0.496 e. The Kier molecular flexibility index (Phi) is 6.52. The van der Waals surface area contributed by atoms with Crippen LogP contribution in [-0.4, -0.2) is 41.3 Å². The maximum Gasteiger partial charge on any atom is 0.261 e. The second kappa shape index (κ2) is 8.56. The molecular formula is C18H21IN2O5S2. The van der Waals surface area contributed by atoms with Crippen LogP contribution in [0.4, 0.5) is 5.69 Å². The van der Waals surface area contributed by atoms with E-state index in [0.717, 1.165) is 19.3 Å². The summed E-state index contributed by atoms with van der Waals surface area (Å²) in [7, 11) is -5.83. The molecule has 1 fully saturated rings. The zero-order valence-corrected chi connectivity index (χ0v) is 19.1. The molecule has 2 aromatic carbocycles. The second-order valence-corrected chi connectivity index (χ2v) is 11.2. The summed E-state index contributed by atoms with van der Waals surface area (Å²) in [6.45, 7) is 1.04. The smallest absolute Gasteiger partial charge is 0.261 e. The fourth-order valence-corrected chi connectivity index (χ4v) is 6.53. The van der Waals surface area contributed by atoms with E-state index in [1.807, 2.05) is 22.6 Å². The van der Waals surface area contributed by atoms with Crippen molar-refractivity contribution in [2.75, 3.05) is 24.9 Å². The molecule has 152 valence electrons. The average molecular weight is 536 g/mol. The summed E-state index contributed by atoms with van der Waals surface area (Å²) in [5.41, 5.74) is 0.295. The number of nitrogens with one attached hydrogen (secondary N) is 1. The molecule has 10 heteroatoms. The van der Waals surface area contributed by atoms with E-state index in [9.17, 15) is 16.8 Å². The van der Waals surface area contributed by atoms with Gasteiger partial charge in [0.1, 0.15) is 5.75 Å². The number of hydrogen-bond acceptors (Lipinski definition) is 5. The summed E-state index contributed by atoms with van der Waals surface area (Å²) in [5.74, 6) is 0.590. The van der Waals surface area contributed by atoms with Crippen molar-refractivity contribution < 1.29 is 21.6 Å². The first-order valence-corrected chi connectivity index (χ1v) is 12.7. The van der Waals surface area contributed by atoms with Crippen LogP contribution in [0, 0.1) is 3.57 Å². The van der Waals surface area contributed by atoms with E-state index in [2.05, 4.69) is 4.72 Å². The van der Waals surface area contributed by atoms with Crippen LogP contribution in [0.5, 0.6) is 5.75 Å². The highest BCUT2D eigenvalue weighted by molar-refractivity contribution is 14.1. The SMILES string of the molecule is COc1ccc(S(=O)(=O)Nc2ccc(S(=O)(=O)N3CCCCC3)cc2)cc1I. The number of anilines is 1. The average Bonchev–Trinajstić information content (AvgIpc) is 2.68. The van der Waals surface area contributed by atoms with Crippen molar-refractivity contribution in [3.63, 3.8) is 0 Å². The molecule has 0 unspecified atom stereocenters. The highest BCUT2D eigenvalue weighted by Crippen LogP contribution is 2.26. The van der Waals surface area contributed by atoms with Crippen LogP contribution >= 0.6 is 22.6 Å². The molecule has 0 aromatic heterocycles. The van der Waals surface area contributed by atoms with Crippen molar-refractivity contribution in [1.29, 1.82) is 0 Å². The number of rotatable bonds is 6. The first-order valence-electron chi connectivity index (χ1n) is 8.70. The van der Waals surface area contributed by atoms with Gasteiger partial charge in [0.05, 0.1) is 20.5 Å². The summed E-state index contributed by atoms with van der Waals surface area (Å²) in [4.78, 5) is 0.263. The molecule has 28 heavy (non-hydrogen) atoms. The highest BCUT2D eigenvalue weighted by atomic mass is 127. The fraction of sp³-hybridized carbons (Fsp3) is 0.333. The van der Waals surface area contributed by atoms with Gasteiger partial charge in [-0.15, -0.1) is 0 Å². The number of halogens is 1. The monoisotopic (exact) mass is 536 g/mol. The van der Waals surface area contributed by atoms with E-state index in [4.69, 9.17) is 4.74 Å². The van der Waals surface area contributed by atoms with Crippen LogP contribution < -0.4 is 9.46 Å². The Balaban J connectivity index is 1.79. The third-order valence-corrected chi connectivity index (χ3v) is 8.63. The lowest BCUT2D eigenvalue weighted by atomic mass is 10.2. The number of benzene rings is 2. The fourth-order valence-electron chi connectivity index (χ4n) is 2.98. The molecule has 1 heterocycles. The Hall–Kier alpha value is -1.37. The number of piperidine rings is 1. The summed E-state index contributed by atoms with van der Waals surface area (Å²) in [5, 5.41) is 0. The van der Waals surface area contributed by atoms with Gasteiger partial charge in [0.15, 0.2) is 0 Å². The Labute approximate surface area is 179 Å². The summed E-state index contributed by atoms with van der Waals surface area (Å²) in [6, 6.07) is 10.3. The molecule has 0 bridgehead atoms. The number of sulfonamides is 2. The van der Waals surface area contributed by atoms with Gasteiger partial charge < -0.3 is 4.74 Å². The van der Waals surface area contributed by atoms with Gasteiger partial charge in [-0.3, -0.25) is 4.72 Å². The summed E-state index contributed by atoms with van der Waals surface area (Å²) in [6.07, 6.45) is 2.76. The maximum atomic E-state index is 12.7. The minimum absolute atomic E-state index is 0.0997. The molecule has 2 aromatic rings. The standard InChI is InChI=1S/C18H21IN2O5S2/c1-26-18-10-9-16(13-17(18)19)27(22,23)20-14-5-7-15(8-6-14)28(24,25)21-11-3-2-4-12-21/h5-10,13,20H,2-4,11-12H2,1H3. The molecule has 0 radical (unpaired) electrons. The number of nitrogens with zero attached hydrogens (tertiary/aromatic N) is 1. The molecule has 1 aliphatic rings. The van der Waals surface area contributed by atoms with Crippen LogP contribution in [0.15, 0.2) is 52.3 Å². The molecule has 1 aliphatic heterocycles. The Morgan fingerprint density at radius 1 is 0.929 bits per heavy atom. The number of ether oxygens (including phenoxy) is 1. The van der Waals surface area contributed by atoms with Crippen molar-refractivity contribution in [3.05, 3.63) is 46.0 Å². The van der Waals surface area contributed by atoms with Gasteiger partial charge in [-0.1, -0.05) is 6.42 Å². The number of methoxy groups -OCH3 is 1. The molecule has 1 saturated heterocycles. The van der Waals surface area contributed by atoms with Gasteiger partial charge in [0.25, 0.3) is 10.0 Å². The maximum absolute atomic E-state index is 12.7. The van der Waals surface area contributed by atoms with Crippen LogP contribution in [0.25, 0.3) is 0 Å². The Morgan fingerprint density at radius 3 is 2.11 bits per heavy atom. The van der Waals surface area contributed by atoms with Crippen molar-refractivity contribution in [3.8, 4) is 5.75 Å². The quantitative estimate of drug-likeness (QED) is 0.573. The third-order valence-electron chi connectivity index (χ3n) is 4.49. The summed E-state index contributed by atoms with van der Waals surface area (Å²) < 4.78 is 60.3.